The highest BCUT2D eigenvalue weighted by Gasteiger charge is 2.32. The Balaban J connectivity index is 1.73. The van der Waals surface area contributed by atoms with Crippen LogP contribution in [0.1, 0.15) is 29.9 Å². The summed E-state index contributed by atoms with van der Waals surface area (Å²) in [5.41, 5.74) is 4.69. The first-order valence-electron chi connectivity index (χ1n) is 9.30. The van der Waals surface area contributed by atoms with Gasteiger partial charge in [-0.3, -0.25) is 4.90 Å². The van der Waals surface area contributed by atoms with E-state index >= 15 is 0 Å². The minimum absolute atomic E-state index is 0.00401. The van der Waals surface area contributed by atoms with E-state index in [9.17, 15) is 9.59 Å². The first-order chi connectivity index (χ1) is 13.6. The molecule has 1 aliphatic rings. The summed E-state index contributed by atoms with van der Waals surface area (Å²) < 4.78 is 11.4. The number of carbonyl (C=O) groups is 2. The molecule has 0 fully saturated rings. The van der Waals surface area contributed by atoms with E-state index in [0.717, 1.165) is 22.0 Å². The Kier molecular flexibility index (Phi) is 6.93. The van der Waals surface area contributed by atoms with Gasteiger partial charge in [0.2, 0.25) is 0 Å². The SMILES string of the molecule is COC(=O)[C@@H](CCCI)N(C)C(=O)OCC1c2ccccc2-c2ccccc21. The van der Waals surface area contributed by atoms with E-state index in [1.54, 1.807) is 7.05 Å². The second-order valence-electron chi connectivity index (χ2n) is 6.79. The van der Waals surface area contributed by atoms with Gasteiger partial charge in [-0.15, -0.1) is 0 Å². The molecule has 0 aromatic heterocycles. The Morgan fingerprint density at radius 3 is 2.18 bits per heavy atom. The monoisotopic (exact) mass is 493 g/mol. The molecule has 0 spiro atoms. The molecule has 0 bridgehead atoms. The van der Waals surface area contributed by atoms with Crippen molar-refractivity contribution in [2.24, 2.45) is 0 Å². The third-order valence-corrected chi connectivity index (χ3v) is 5.94. The van der Waals surface area contributed by atoms with E-state index in [1.807, 2.05) is 24.3 Å². The summed E-state index contributed by atoms with van der Waals surface area (Å²) in [5, 5.41) is 0. The maximum atomic E-state index is 12.6. The second kappa shape index (κ2) is 9.41. The van der Waals surface area contributed by atoms with Gasteiger partial charge in [-0.2, -0.15) is 0 Å². The fourth-order valence-corrected chi connectivity index (χ4v) is 4.14. The zero-order valence-electron chi connectivity index (χ0n) is 16.1. The van der Waals surface area contributed by atoms with E-state index in [0.29, 0.717) is 6.42 Å². The number of benzene rings is 2. The molecule has 5 nitrogen and oxygen atoms in total. The number of rotatable bonds is 7. The molecule has 1 amide bonds. The average molecular weight is 493 g/mol. The molecule has 0 heterocycles. The van der Waals surface area contributed by atoms with Gasteiger partial charge in [0.15, 0.2) is 0 Å². The van der Waals surface area contributed by atoms with Crippen molar-refractivity contribution in [1.82, 2.24) is 4.90 Å². The molecule has 148 valence electrons. The Morgan fingerprint density at radius 2 is 1.64 bits per heavy atom. The standard InChI is InChI=1S/C22H24INO4/c1-24(20(12-7-13-23)21(25)27-2)22(26)28-14-19-17-10-5-3-8-15(17)16-9-4-6-11-18(16)19/h3-6,8-11,19-20H,7,12-14H2,1-2H3/t20-/m1/s1. The van der Waals surface area contributed by atoms with Crippen molar-refractivity contribution in [2.45, 2.75) is 24.8 Å². The first kappa shape index (κ1) is 20.6. The smallest absolute Gasteiger partial charge is 0.410 e. The van der Waals surface area contributed by atoms with Crippen LogP contribution < -0.4 is 0 Å². The number of likely N-dealkylation sites (N-methyl/N-ethyl adjacent to an activating group) is 1. The van der Waals surface area contributed by atoms with E-state index < -0.39 is 18.1 Å². The molecule has 0 saturated heterocycles. The number of carbonyl (C=O) groups excluding carboxylic acids is 2. The van der Waals surface area contributed by atoms with Crippen molar-refractivity contribution >= 4 is 34.7 Å². The van der Waals surface area contributed by atoms with Gasteiger partial charge in [0.05, 0.1) is 7.11 Å². The fraction of sp³-hybridized carbons (Fsp3) is 0.364. The van der Waals surface area contributed by atoms with Gasteiger partial charge >= 0.3 is 12.1 Å². The number of hydrogen-bond donors (Lipinski definition) is 0. The number of fused-ring (bicyclic) bond motifs is 3. The molecule has 1 atom stereocenters. The van der Waals surface area contributed by atoms with Crippen molar-refractivity contribution in [2.75, 3.05) is 25.2 Å². The summed E-state index contributed by atoms with van der Waals surface area (Å²) >= 11 is 2.25. The minimum Gasteiger partial charge on any atom is -0.467 e. The fourth-order valence-electron chi connectivity index (χ4n) is 3.70. The number of hydrogen-bond acceptors (Lipinski definition) is 4. The van der Waals surface area contributed by atoms with Crippen LogP contribution in [-0.4, -0.2) is 48.2 Å². The largest absolute Gasteiger partial charge is 0.467 e. The molecule has 0 saturated carbocycles. The van der Waals surface area contributed by atoms with Crippen molar-refractivity contribution in [3.05, 3.63) is 59.7 Å². The highest BCUT2D eigenvalue weighted by atomic mass is 127. The van der Waals surface area contributed by atoms with Crippen LogP contribution >= 0.6 is 22.6 Å². The van der Waals surface area contributed by atoms with Gasteiger partial charge in [-0.25, -0.2) is 9.59 Å². The minimum atomic E-state index is -0.629. The number of ether oxygens (including phenoxy) is 2. The molecule has 1 aliphatic carbocycles. The van der Waals surface area contributed by atoms with Crippen LogP contribution in [0.15, 0.2) is 48.5 Å². The molecule has 6 heteroatoms. The number of nitrogens with zero attached hydrogens (tertiary/aromatic N) is 1. The lowest BCUT2D eigenvalue weighted by atomic mass is 9.98. The first-order valence-corrected chi connectivity index (χ1v) is 10.8. The number of amides is 1. The Labute approximate surface area is 179 Å². The van der Waals surface area contributed by atoms with Gasteiger partial charge in [0.25, 0.3) is 0 Å². The third kappa shape index (κ3) is 4.16. The Morgan fingerprint density at radius 1 is 1.07 bits per heavy atom. The van der Waals surface area contributed by atoms with Crippen LogP contribution in [0.3, 0.4) is 0 Å². The van der Waals surface area contributed by atoms with Gasteiger partial charge in [0.1, 0.15) is 12.6 Å². The third-order valence-electron chi connectivity index (χ3n) is 5.18. The predicted molar refractivity (Wildman–Crippen MR) is 117 cm³/mol. The lowest BCUT2D eigenvalue weighted by molar-refractivity contribution is -0.146. The Bertz CT molecular complexity index is 808. The van der Waals surface area contributed by atoms with Crippen LogP contribution in [-0.2, 0) is 14.3 Å². The summed E-state index contributed by atoms with van der Waals surface area (Å²) in [4.78, 5) is 26.1. The summed E-state index contributed by atoms with van der Waals surface area (Å²) in [6.07, 6.45) is 0.864. The van der Waals surface area contributed by atoms with E-state index in [2.05, 4.69) is 46.9 Å². The van der Waals surface area contributed by atoms with Crippen LogP contribution in [0.4, 0.5) is 4.79 Å². The second-order valence-corrected chi connectivity index (χ2v) is 7.86. The molecule has 0 unspecified atom stereocenters. The predicted octanol–water partition coefficient (Wildman–Crippen LogP) is 4.62. The molecule has 0 radical (unpaired) electrons. The van der Waals surface area contributed by atoms with E-state index in [1.165, 1.54) is 23.1 Å². The number of esters is 1. The van der Waals surface area contributed by atoms with Gasteiger partial charge < -0.3 is 9.47 Å². The van der Waals surface area contributed by atoms with Crippen molar-refractivity contribution < 1.29 is 19.1 Å². The number of halogens is 1. The van der Waals surface area contributed by atoms with Gasteiger partial charge in [-0.1, -0.05) is 71.1 Å². The lowest BCUT2D eigenvalue weighted by Crippen LogP contribution is -2.43. The van der Waals surface area contributed by atoms with Gasteiger partial charge in [-0.05, 0) is 39.5 Å². The Hall–Kier alpha value is -2.09. The summed E-state index contributed by atoms with van der Waals surface area (Å²) in [7, 11) is 2.93. The van der Waals surface area contributed by atoms with Crippen LogP contribution in [0.25, 0.3) is 11.1 Å². The highest BCUT2D eigenvalue weighted by molar-refractivity contribution is 14.1. The van der Waals surface area contributed by atoms with Crippen LogP contribution in [0.5, 0.6) is 0 Å². The molecule has 2 aromatic carbocycles. The summed E-state index contributed by atoms with van der Waals surface area (Å²) in [6.45, 7) is 0.234. The molecule has 3 rings (SSSR count). The van der Waals surface area contributed by atoms with Crippen LogP contribution in [0, 0.1) is 0 Å². The molecule has 0 N–H and O–H groups in total. The topological polar surface area (TPSA) is 55.8 Å². The molecule has 0 aliphatic heterocycles. The quantitative estimate of drug-likeness (QED) is 0.321. The molecule has 2 aromatic rings. The van der Waals surface area contributed by atoms with E-state index in [-0.39, 0.29) is 12.5 Å². The van der Waals surface area contributed by atoms with Crippen molar-refractivity contribution in [1.29, 1.82) is 0 Å². The summed E-state index contributed by atoms with van der Waals surface area (Å²) in [5.74, 6) is -0.420. The summed E-state index contributed by atoms with van der Waals surface area (Å²) in [6, 6.07) is 15.8. The molecule has 28 heavy (non-hydrogen) atoms. The molecular weight excluding hydrogens is 469 g/mol. The van der Waals surface area contributed by atoms with Crippen LogP contribution in [0.2, 0.25) is 0 Å². The highest BCUT2D eigenvalue weighted by Crippen LogP contribution is 2.44. The van der Waals surface area contributed by atoms with Crippen molar-refractivity contribution in [3.63, 3.8) is 0 Å². The van der Waals surface area contributed by atoms with Crippen molar-refractivity contribution in [3.8, 4) is 11.1 Å². The number of alkyl halides is 1. The zero-order valence-corrected chi connectivity index (χ0v) is 18.2. The lowest BCUT2D eigenvalue weighted by Gasteiger charge is -2.26. The maximum absolute atomic E-state index is 12.6. The zero-order chi connectivity index (χ0) is 20.1. The van der Waals surface area contributed by atoms with E-state index in [4.69, 9.17) is 9.47 Å². The average Bonchev–Trinajstić information content (AvgIpc) is 3.05. The van der Waals surface area contributed by atoms with Gasteiger partial charge in [0, 0.05) is 13.0 Å². The molecular formula is C22H24INO4. The number of methoxy groups -OCH3 is 1. The normalized spacial score (nSPS) is 13.4. The maximum Gasteiger partial charge on any atom is 0.410 e.